The summed E-state index contributed by atoms with van der Waals surface area (Å²) in [5.41, 5.74) is -0.625. The van der Waals surface area contributed by atoms with Gasteiger partial charge in [-0.3, -0.25) is 19.7 Å². The van der Waals surface area contributed by atoms with Crippen LogP contribution in [0.5, 0.6) is 11.5 Å². The van der Waals surface area contributed by atoms with Crippen molar-refractivity contribution in [3.63, 3.8) is 0 Å². The number of rotatable bonds is 5. The highest BCUT2D eigenvalue weighted by Gasteiger charge is 2.10. The van der Waals surface area contributed by atoms with Crippen LogP contribution >= 0.6 is 0 Å². The molecule has 0 aliphatic carbocycles. The second-order valence-corrected chi connectivity index (χ2v) is 6.59. The molecule has 0 bridgehead atoms. The van der Waals surface area contributed by atoms with Crippen LogP contribution in [0.2, 0.25) is 0 Å². The van der Waals surface area contributed by atoms with Crippen molar-refractivity contribution in [1.29, 1.82) is 0 Å². The number of halogens is 1. The number of aromatic nitrogens is 2. The third-order valence-electron chi connectivity index (χ3n) is 4.28. The summed E-state index contributed by atoms with van der Waals surface area (Å²) in [6.07, 6.45) is 2.65. The minimum absolute atomic E-state index is 0.00323. The van der Waals surface area contributed by atoms with Crippen molar-refractivity contribution in [2.45, 2.75) is 0 Å². The van der Waals surface area contributed by atoms with E-state index in [-0.39, 0.29) is 22.3 Å². The minimum Gasteiger partial charge on any atom is -0.457 e. The molecule has 0 saturated heterocycles. The zero-order chi connectivity index (χ0) is 22.7. The molecule has 10 heteroatoms. The molecule has 32 heavy (non-hydrogen) atoms. The lowest BCUT2D eigenvalue weighted by Crippen LogP contribution is -2.46. The van der Waals surface area contributed by atoms with E-state index < -0.39 is 21.9 Å². The first-order chi connectivity index (χ1) is 15.4. The van der Waals surface area contributed by atoms with Crippen LogP contribution in [0.4, 0.5) is 10.3 Å². The number of H-pyrrole nitrogens is 2. The summed E-state index contributed by atoms with van der Waals surface area (Å²) in [5.74, 6) is 0.0675. The average molecular weight is 435 g/mol. The predicted molar refractivity (Wildman–Crippen MR) is 112 cm³/mol. The summed E-state index contributed by atoms with van der Waals surface area (Å²) >= 11 is 0. The van der Waals surface area contributed by atoms with Crippen molar-refractivity contribution in [2.24, 2.45) is 0 Å². The second kappa shape index (κ2) is 8.56. The van der Waals surface area contributed by atoms with E-state index in [9.17, 15) is 24.1 Å². The fourth-order valence-corrected chi connectivity index (χ4v) is 2.83. The normalized spacial score (nSPS) is 12.2. The van der Waals surface area contributed by atoms with Crippen LogP contribution in [0.25, 0.3) is 12.2 Å². The third kappa shape index (κ3) is 4.70. The number of nitrogens with zero attached hydrogens (tertiary/aromatic N) is 1. The molecular weight excluding hydrogens is 421 g/mol. The summed E-state index contributed by atoms with van der Waals surface area (Å²) in [6, 6.07) is 14.7. The van der Waals surface area contributed by atoms with Crippen molar-refractivity contribution < 1.29 is 18.5 Å². The van der Waals surface area contributed by atoms with Crippen molar-refractivity contribution in [1.82, 2.24) is 9.97 Å². The lowest BCUT2D eigenvalue weighted by molar-refractivity contribution is -0.402. The van der Waals surface area contributed by atoms with E-state index in [4.69, 9.17) is 9.15 Å². The molecule has 2 heterocycles. The number of hydrogen-bond acceptors (Lipinski definition) is 6. The van der Waals surface area contributed by atoms with Crippen LogP contribution in [0.3, 0.4) is 0 Å². The summed E-state index contributed by atoms with van der Waals surface area (Å²) in [4.78, 5) is 39.7. The van der Waals surface area contributed by atoms with E-state index in [0.29, 0.717) is 17.1 Å². The van der Waals surface area contributed by atoms with Gasteiger partial charge in [-0.25, -0.2) is 4.39 Å². The molecule has 0 fully saturated rings. The first-order valence-electron chi connectivity index (χ1n) is 9.21. The largest absolute Gasteiger partial charge is 0.457 e. The molecule has 0 atom stereocenters. The second-order valence-electron chi connectivity index (χ2n) is 6.59. The molecule has 0 aliphatic rings. The standard InChI is InChI=1S/C22H14FN3O6/c23-14-4-6-15(7-5-14)31-16-3-1-2-13(10-16)11-18-21(27)25-19(22(28)24-18)12-17-8-9-20(32-17)26(29)30/h1-12H,(H,24,28)(H,25,27)/b18-11-,19-12-. The van der Waals surface area contributed by atoms with Crippen LogP contribution < -0.4 is 26.6 Å². The number of aromatic amines is 2. The van der Waals surface area contributed by atoms with E-state index in [0.717, 1.165) is 6.07 Å². The van der Waals surface area contributed by atoms with Gasteiger partial charge >= 0.3 is 5.88 Å². The number of benzene rings is 2. The molecule has 0 unspecified atom stereocenters. The predicted octanol–water partition coefficient (Wildman–Crippen LogP) is 2.15. The smallest absolute Gasteiger partial charge is 0.433 e. The number of furan rings is 1. The Bertz CT molecular complexity index is 1530. The average Bonchev–Trinajstić information content (AvgIpc) is 3.23. The van der Waals surface area contributed by atoms with Crippen LogP contribution in [-0.2, 0) is 0 Å². The first kappa shape index (κ1) is 20.5. The van der Waals surface area contributed by atoms with Gasteiger partial charge in [-0.1, -0.05) is 12.1 Å². The maximum absolute atomic E-state index is 13.0. The maximum atomic E-state index is 13.0. The Balaban J connectivity index is 1.66. The molecule has 0 amide bonds. The fraction of sp³-hybridized carbons (Fsp3) is 0. The van der Waals surface area contributed by atoms with Crippen LogP contribution in [0.15, 0.2) is 74.7 Å². The maximum Gasteiger partial charge on any atom is 0.433 e. The van der Waals surface area contributed by atoms with E-state index in [1.54, 1.807) is 24.3 Å². The minimum atomic E-state index is -0.712. The molecule has 0 radical (unpaired) electrons. The molecule has 9 nitrogen and oxygen atoms in total. The molecular formula is C22H14FN3O6. The highest BCUT2D eigenvalue weighted by Crippen LogP contribution is 2.22. The van der Waals surface area contributed by atoms with Gasteiger partial charge in [0.2, 0.25) is 0 Å². The van der Waals surface area contributed by atoms with E-state index in [1.807, 2.05) is 0 Å². The fourth-order valence-electron chi connectivity index (χ4n) is 2.83. The molecule has 0 aliphatic heterocycles. The van der Waals surface area contributed by atoms with Gasteiger partial charge in [0.1, 0.15) is 38.7 Å². The molecule has 2 aromatic carbocycles. The lowest BCUT2D eigenvalue weighted by Gasteiger charge is -2.06. The number of nitrogens with one attached hydrogen (secondary N) is 2. The van der Waals surface area contributed by atoms with Gasteiger partial charge in [0.25, 0.3) is 11.1 Å². The Morgan fingerprint density at radius 3 is 2.25 bits per heavy atom. The SMILES string of the molecule is O=c1[nH]/c(=C\c2ccc([N+](=O)[O-])o2)c(=O)[nH]/c1=C\c1cccc(Oc2ccc(F)cc2)c1. The molecule has 0 spiro atoms. The lowest BCUT2D eigenvalue weighted by atomic mass is 10.2. The number of nitro groups is 1. The van der Waals surface area contributed by atoms with Crippen LogP contribution in [-0.4, -0.2) is 14.9 Å². The van der Waals surface area contributed by atoms with Crippen LogP contribution in [0, 0.1) is 15.9 Å². The zero-order valence-electron chi connectivity index (χ0n) is 16.2. The summed E-state index contributed by atoms with van der Waals surface area (Å²) in [7, 11) is 0. The Morgan fingerprint density at radius 1 is 0.906 bits per heavy atom. The first-order valence-corrected chi connectivity index (χ1v) is 9.21. The van der Waals surface area contributed by atoms with Gasteiger partial charge in [0, 0.05) is 6.08 Å². The monoisotopic (exact) mass is 435 g/mol. The zero-order valence-corrected chi connectivity index (χ0v) is 16.2. The van der Waals surface area contributed by atoms with Gasteiger partial charge in [0.15, 0.2) is 0 Å². The van der Waals surface area contributed by atoms with Gasteiger partial charge in [0.05, 0.1) is 6.07 Å². The highest BCUT2D eigenvalue weighted by molar-refractivity contribution is 5.51. The van der Waals surface area contributed by atoms with Crippen molar-refractivity contribution in [3.05, 3.63) is 119 Å². The van der Waals surface area contributed by atoms with Gasteiger partial charge < -0.3 is 19.1 Å². The highest BCUT2D eigenvalue weighted by atomic mass is 19.1. The quantitative estimate of drug-likeness (QED) is 0.365. The molecule has 4 aromatic rings. The van der Waals surface area contributed by atoms with Crippen molar-refractivity contribution in [2.75, 3.05) is 0 Å². The van der Waals surface area contributed by atoms with E-state index >= 15 is 0 Å². The van der Waals surface area contributed by atoms with E-state index in [2.05, 4.69) is 9.97 Å². The van der Waals surface area contributed by atoms with Gasteiger partial charge in [-0.15, -0.1) is 0 Å². The molecule has 2 N–H and O–H groups in total. The topological polar surface area (TPSA) is 131 Å². The summed E-state index contributed by atoms with van der Waals surface area (Å²) in [6.45, 7) is 0. The van der Waals surface area contributed by atoms with Gasteiger partial charge in [-0.2, -0.15) is 0 Å². The Morgan fingerprint density at radius 2 is 1.59 bits per heavy atom. The summed E-state index contributed by atoms with van der Waals surface area (Å²) < 4.78 is 23.7. The number of ether oxygens (including phenoxy) is 1. The Labute approximate surface area is 177 Å². The molecule has 2 aromatic heterocycles. The van der Waals surface area contributed by atoms with E-state index in [1.165, 1.54) is 42.5 Å². The molecule has 160 valence electrons. The van der Waals surface area contributed by atoms with Crippen molar-refractivity contribution in [3.8, 4) is 11.5 Å². The Kier molecular flexibility index (Phi) is 5.49. The molecule has 4 rings (SSSR count). The van der Waals surface area contributed by atoms with Crippen molar-refractivity contribution >= 4 is 18.0 Å². The Hall–Kier alpha value is -4.73. The van der Waals surface area contributed by atoms with Crippen LogP contribution in [0.1, 0.15) is 11.3 Å². The third-order valence-corrected chi connectivity index (χ3v) is 4.28. The summed E-state index contributed by atoms with van der Waals surface area (Å²) in [5, 5.41) is 10.6. The number of hydrogen-bond donors (Lipinski definition) is 2. The molecule has 0 saturated carbocycles. The van der Waals surface area contributed by atoms with Gasteiger partial charge in [-0.05, 0) is 54.1 Å².